The molecule has 1 aliphatic carbocycles. The van der Waals surface area contributed by atoms with E-state index in [1.54, 1.807) is 10.6 Å². The fourth-order valence-corrected chi connectivity index (χ4v) is 4.72. The summed E-state index contributed by atoms with van der Waals surface area (Å²) in [6.07, 6.45) is 3.17. The van der Waals surface area contributed by atoms with Crippen LogP contribution in [0.4, 0.5) is 0 Å². The summed E-state index contributed by atoms with van der Waals surface area (Å²) in [6, 6.07) is 7.65. The molecule has 172 valence electrons. The molecule has 3 aromatic rings. The third kappa shape index (κ3) is 3.91. The fraction of sp³-hybridized carbons (Fsp3) is 0.423. The molecule has 0 unspecified atom stereocenters. The standard InChI is InChI=1S/C26H29N3O4/c1-4-5-24(31)33-14-20-17(15-6-7-15)11-22-25-16(12-29(22)26(20)32)10-18-19(13-28(2)3)23(30)9-8-21(18)27-25/h8-11,15,30H,4-7,12-14H2,1-3H3. The van der Waals surface area contributed by atoms with Crippen molar-refractivity contribution < 1.29 is 14.6 Å². The Morgan fingerprint density at radius 1 is 1.24 bits per heavy atom. The first-order valence-corrected chi connectivity index (χ1v) is 11.6. The van der Waals surface area contributed by atoms with Gasteiger partial charge in [-0.1, -0.05) is 6.92 Å². The average molecular weight is 448 g/mol. The Kier molecular flexibility index (Phi) is 5.44. The van der Waals surface area contributed by atoms with E-state index >= 15 is 0 Å². The van der Waals surface area contributed by atoms with Crippen LogP contribution in [-0.4, -0.2) is 39.6 Å². The number of hydrogen-bond donors (Lipinski definition) is 1. The summed E-state index contributed by atoms with van der Waals surface area (Å²) < 4.78 is 7.18. The third-order valence-corrected chi connectivity index (χ3v) is 6.49. The second-order valence-electron chi connectivity index (χ2n) is 9.40. The Morgan fingerprint density at radius 2 is 2.03 bits per heavy atom. The van der Waals surface area contributed by atoms with E-state index in [-0.39, 0.29) is 23.9 Å². The monoisotopic (exact) mass is 447 g/mol. The fourth-order valence-electron chi connectivity index (χ4n) is 4.72. The van der Waals surface area contributed by atoms with Gasteiger partial charge in [0, 0.05) is 29.5 Å². The maximum absolute atomic E-state index is 13.5. The van der Waals surface area contributed by atoms with Gasteiger partial charge >= 0.3 is 5.97 Å². The van der Waals surface area contributed by atoms with Gasteiger partial charge in [0.1, 0.15) is 12.4 Å². The number of aromatic nitrogens is 2. The highest BCUT2D eigenvalue weighted by Crippen LogP contribution is 2.44. The zero-order chi connectivity index (χ0) is 23.3. The van der Waals surface area contributed by atoms with Gasteiger partial charge in [-0.05, 0) is 69.1 Å². The van der Waals surface area contributed by atoms with Gasteiger partial charge in [-0.25, -0.2) is 4.98 Å². The minimum absolute atomic E-state index is 0.0242. The molecule has 5 rings (SSSR count). The van der Waals surface area contributed by atoms with Crippen LogP contribution in [0.5, 0.6) is 5.75 Å². The second kappa shape index (κ2) is 8.30. The van der Waals surface area contributed by atoms with E-state index in [9.17, 15) is 14.7 Å². The number of esters is 1. The van der Waals surface area contributed by atoms with Gasteiger partial charge in [0.2, 0.25) is 0 Å². The SMILES string of the molecule is CCCC(=O)OCc1c(C2CC2)cc2n(c1=O)Cc1cc3c(CN(C)C)c(O)ccc3nc1-2. The van der Waals surface area contributed by atoms with Gasteiger partial charge in [0.15, 0.2) is 0 Å². The van der Waals surface area contributed by atoms with Crippen molar-refractivity contribution in [2.24, 2.45) is 0 Å². The van der Waals surface area contributed by atoms with Crippen LogP contribution in [0.2, 0.25) is 0 Å². The minimum atomic E-state index is -0.270. The van der Waals surface area contributed by atoms with Crippen molar-refractivity contribution >= 4 is 16.9 Å². The molecular weight excluding hydrogens is 418 g/mol. The van der Waals surface area contributed by atoms with Crippen LogP contribution in [0.3, 0.4) is 0 Å². The molecule has 0 amide bonds. The number of rotatable bonds is 7. The third-order valence-electron chi connectivity index (χ3n) is 6.49. The largest absolute Gasteiger partial charge is 0.508 e. The molecule has 7 heteroatoms. The van der Waals surface area contributed by atoms with Crippen LogP contribution < -0.4 is 5.56 Å². The molecule has 1 aromatic carbocycles. The number of carbonyl (C=O) groups is 1. The molecule has 33 heavy (non-hydrogen) atoms. The molecule has 1 aliphatic heterocycles. The zero-order valence-corrected chi connectivity index (χ0v) is 19.4. The number of pyridine rings is 2. The molecule has 1 fully saturated rings. The Hall–Kier alpha value is -3.19. The van der Waals surface area contributed by atoms with Crippen LogP contribution >= 0.6 is 0 Å². The summed E-state index contributed by atoms with van der Waals surface area (Å²) in [4.78, 5) is 32.4. The lowest BCUT2D eigenvalue weighted by Gasteiger charge is -2.15. The predicted molar refractivity (Wildman–Crippen MR) is 126 cm³/mol. The van der Waals surface area contributed by atoms with E-state index in [0.717, 1.165) is 58.2 Å². The van der Waals surface area contributed by atoms with Crippen molar-refractivity contribution in [1.82, 2.24) is 14.5 Å². The predicted octanol–water partition coefficient (Wildman–Crippen LogP) is 3.91. The highest BCUT2D eigenvalue weighted by Gasteiger charge is 2.32. The minimum Gasteiger partial charge on any atom is -0.508 e. The Bertz CT molecular complexity index is 1320. The lowest BCUT2D eigenvalue weighted by atomic mass is 10.0. The summed E-state index contributed by atoms with van der Waals surface area (Å²) in [5.41, 5.74) is 5.72. The number of hydrogen-bond acceptors (Lipinski definition) is 6. The quantitative estimate of drug-likeness (QED) is 0.433. The van der Waals surface area contributed by atoms with Crippen molar-refractivity contribution in [3.05, 3.63) is 56.9 Å². The zero-order valence-electron chi connectivity index (χ0n) is 19.4. The van der Waals surface area contributed by atoms with E-state index < -0.39 is 0 Å². The van der Waals surface area contributed by atoms with Crippen molar-refractivity contribution in [3.63, 3.8) is 0 Å². The highest BCUT2D eigenvalue weighted by molar-refractivity contribution is 5.88. The Morgan fingerprint density at radius 3 is 2.73 bits per heavy atom. The molecule has 0 saturated heterocycles. The van der Waals surface area contributed by atoms with Gasteiger partial charge < -0.3 is 19.3 Å². The van der Waals surface area contributed by atoms with E-state index in [4.69, 9.17) is 9.72 Å². The molecule has 7 nitrogen and oxygen atoms in total. The van der Waals surface area contributed by atoms with E-state index in [1.165, 1.54) is 0 Å². The summed E-state index contributed by atoms with van der Waals surface area (Å²) in [7, 11) is 3.92. The number of ether oxygens (including phenoxy) is 1. The molecule has 2 aromatic heterocycles. The topological polar surface area (TPSA) is 84.7 Å². The number of phenolic OH excluding ortho intramolecular Hbond substituents is 1. The first-order chi connectivity index (χ1) is 15.9. The molecule has 1 saturated carbocycles. The maximum Gasteiger partial charge on any atom is 0.306 e. The van der Waals surface area contributed by atoms with Crippen LogP contribution in [0.15, 0.2) is 29.1 Å². The van der Waals surface area contributed by atoms with Crippen molar-refractivity contribution in [2.45, 2.75) is 58.2 Å². The number of benzene rings is 1. The summed E-state index contributed by atoms with van der Waals surface area (Å²) >= 11 is 0. The molecular formula is C26H29N3O4. The lowest BCUT2D eigenvalue weighted by molar-refractivity contribution is -0.145. The number of aromatic hydroxyl groups is 1. The van der Waals surface area contributed by atoms with Crippen molar-refractivity contribution in [2.75, 3.05) is 14.1 Å². The van der Waals surface area contributed by atoms with E-state index in [2.05, 4.69) is 12.1 Å². The Balaban J connectivity index is 1.60. The normalized spacial score (nSPS) is 14.5. The number of nitrogens with zero attached hydrogens (tertiary/aromatic N) is 3. The molecule has 0 radical (unpaired) electrons. The van der Waals surface area contributed by atoms with Crippen LogP contribution in [-0.2, 0) is 29.2 Å². The smallest absolute Gasteiger partial charge is 0.306 e. The van der Waals surface area contributed by atoms with E-state index in [1.807, 2.05) is 32.0 Å². The molecule has 0 atom stereocenters. The second-order valence-corrected chi connectivity index (χ2v) is 9.40. The highest BCUT2D eigenvalue weighted by atomic mass is 16.5. The average Bonchev–Trinajstić information content (AvgIpc) is 3.55. The van der Waals surface area contributed by atoms with Crippen LogP contribution in [0.1, 0.15) is 60.8 Å². The lowest BCUT2D eigenvalue weighted by Crippen LogP contribution is -2.26. The number of fused-ring (bicyclic) bond motifs is 4. The molecule has 0 bridgehead atoms. The summed E-state index contributed by atoms with van der Waals surface area (Å²) in [6.45, 7) is 2.97. The molecule has 2 aliphatic rings. The molecule has 3 heterocycles. The number of carbonyl (C=O) groups excluding carboxylic acids is 1. The summed E-state index contributed by atoms with van der Waals surface area (Å²) in [5, 5.41) is 11.4. The van der Waals surface area contributed by atoms with Crippen molar-refractivity contribution in [3.8, 4) is 17.1 Å². The van der Waals surface area contributed by atoms with Gasteiger partial charge in [0.05, 0.1) is 29.0 Å². The van der Waals surface area contributed by atoms with Gasteiger partial charge in [0.25, 0.3) is 5.56 Å². The van der Waals surface area contributed by atoms with Crippen LogP contribution in [0.25, 0.3) is 22.3 Å². The molecule has 1 N–H and O–H groups in total. The van der Waals surface area contributed by atoms with Crippen molar-refractivity contribution in [1.29, 1.82) is 0 Å². The first kappa shape index (κ1) is 21.6. The molecule has 0 spiro atoms. The number of phenols is 1. The van der Waals surface area contributed by atoms with Gasteiger partial charge in [-0.3, -0.25) is 9.59 Å². The van der Waals surface area contributed by atoms with Crippen LogP contribution in [0, 0.1) is 0 Å². The Labute approximate surface area is 192 Å². The van der Waals surface area contributed by atoms with E-state index in [0.29, 0.717) is 31.0 Å². The first-order valence-electron chi connectivity index (χ1n) is 11.6. The van der Waals surface area contributed by atoms with Gasteiger partial charge in [-0.15, -0.1) is 0 Å². The van der Waals surface area contributed by atoms with Gasteiger partial charge in [-0.2, -0.15) is 0 Å². The summed E-state index contributed by atoms with van der Waals surface area (Å²) in [5.74, 6) is 0.322. The maximum atomic E-state index is 13.5.